The average molecular weight is 275 g/mol. The van der Waals surface area contributed by atoms with Gasteiger partial charge in [-0.3, -0.25) is 0 Å². The molecule has 0 radical (unpaired) electrons. The first kappa shape index (κ1) is 13.9. The van der Waals surface area contributed by atoms with Crippen molar-refractivity contribution in [1.29, 1.82) is 0 Å². The van der Waals surface area contributed by atoms with Crippen LogP contribution in [0.1, 0.15) is 31.5 Å². The summed E-state index contributed by atoms with van der Waals surface area (Å²) in [6.07, 6.45) is -0.120. The molecule has 0 aliphatic heterocycles. The van der Waals surface area contributed by atoms with Gasteiger partial charge < -0.3 is 10.1 Å². The summed E-state index contributed by atoms with van der Waals surface area (Å²) < 4.78 is 43.2. The normalized spacial score (nSPS) is 16.6. The zero-order chi connectivity index (χ0) is 13.9. The predicted molar refractivity (Wildman–Crippen MR) is 64.0 cm³/mol. The third-order valence-electron chi connectivity index (χ3n) is 3.15. The molecule has 2 rings (SSSR count). The van der Waals surface area contributed by atoms with Crippen molar-refractivity contribution in [3.63, 3.8) is 0 Å². The van der Waals surface area contributed by atoms with Gasteiger partial charge in [-0.1, -0.05) is 12.8 Å². The Labute approximate surface area is 109 Å². The van der Waals surface area contributed by atoms with Crippen molar-refractivity contribution in [2.75, 3.05) is 19.0 Å². The number of anilines is 1. The molecular weight excluding hydrogens is 259 g/mol. The molecule has 0 unspecified atom stereocenters. The van der Waals surface area contributed by atoms with Gasteiger partial charge >= 0.3 is 6.18 Å². The molecule has 106 valence electrons. The van der Waals surface area contributed by atoms with Crippen molar-refractivity contribution in [3.8, 4) is 5.88 Å². The van der Waals surface area contributed by atoms with E-state index in [-0.39, 0.29) is 11.7 Å². The molecule has 1 aromatic rings. The number of hydrogen-bond acceptors (Lipinski definition) is 4. The molecule has 0 saturated heterocycles. The van der Waals surface area contributed by atoms with E-state index in [9.17, 15) is 13.2 Å². The number of aromatic nitrogens is 2. The van der Waals surface area contributed by atoms with Gasteiger partial charge in [0.05, 0.1) is 6.61 Å². The Kier molecular flexibility index (Phi) is 4.11. The van der Waals surface area contributed by atoms with Crippen LogP contribution < -0.4 is 10.1 Å². The summed E-state index contributed by atoms with van der Waals surface area (Å²) >= 11 is 0. The van der Waals surface area contributed by atoms with E-state index >= 15 is 0 Å². The third kappa shape index (κ3) is 3.71. The van der Waals surface area contributed by atoms with E-state index in [4.69, 9.17) is 4.74 Å². The molecule has 1 aromatic heterocycles. The maximum Gasteiger partial charge on any atom is 0.451 e. The highest BCUT2D eigenvalue weighted by atomic mass is 19.4. The second-order valence-corrected chi connectivity index (χ2v) is 4.62. The van der Waals surface area contributed by atoms with Crippen molar-refractivity contribution in [2.24, 2.45) is 5.92 Å². The highest BCUT2D eigenvalue weighted by Gasteiger charge is 2.35. The minimum absolute atomic E-state index is 0.0291. The van der Waals surface area contributed by atoms with Crippen LogP contribution in [0.4, 0.5) is 19.0 Å². The summed E-state index contributed by atoms with van der Waals surface area (Å²) in [5, 5.41) is 2.58. The Morgan fingerprint density at radius 1 is 1.32 bits per heavy atom. The summed E-state index contributed by atoms with van der Waals surface area (Å²) in [6.45, 7) is 0.414. The molecule has 1 aliphatic carbocycles. The van der Waals surface area contributed by atoms with E-state index < -0.39 is 12.0 Å². The SMILES string of the molecule is CNc1cc(OCC2CCCC2)nc(C(F)(F)F)n1. The molecule has 0 atom stereocenters. The number of hydrogen-bond donors (Lipinski definition) is 1. The second-order valence-electron chi connectivity index (χ2n) is 4.62. The van der Waals surface area contributed by atoms with Crippen LogP contribution in [-0.2, 0) is 6.18 Å². The van der Waals surface area contributed by atoms with E-state index in [1.807, 2.05) is 0 Å². The van der Waals surface area contributed by atoms with Gasteiger partial charge in [0.1, 0.15) is 5.82 Å². The van der Waals surface area contributed by atoms with Gasteiger partial charge in [0.15, 0.2) is 0 Å². The predicted octanol–water partition coefficient (Wildman–Crippen LogP) is 3.11. The lowest BCUT2D eigenvalue weighted by Crippen LogP contribution is -2.15. The number of rotatable bonds is 4. The molecule has 0 amide bonds. The molecule has 7 heteroatoms. The number of alkyl halides is 3. The summed E-state index contributed by atoms with van der Waals surface area (Å²) in [5.41, 5.74) is 0. The highest BCUT2D eigenvalue weighted by Crippen LogP contribution is 2.30. The lowest BCUT2D eigenvalue weighted by atomic mass is 10.1. The highest BCUT2D eigenvalue weighted by molar-refractivity contribution is 5.38. The van der Waals surface area contributed by atoms with E-state index in [2.05, 4.69) is 15.3 Å². The Bertz CT molecular complexity index is 431. The first-order chi connectivity index (χ1) is 8.99. The Morgan fingerprint density at radius 3 is 2.58 bits per heavy atom. The Balaban J connectivity index is 2.10. The molecule has 1 aliphatic rings. The first-order valence-corrected chi connectivity index (χ1v) is 6.26. The molecule has 1 saturated carbocycles. The average Bonchev–Trinajstić information content (AvgIpc) is 2.88. The van der Waals surface area contributed by atoms with Crippen LogP contribution in [0.2, 0.25) is 0 Å². The molecule has 1 N–H and O–H groups in total. The zero-order valence-electron chi connectivity index (χ0n) is 10.6. The van der Waals surface area contributed by atoms with Crippen molar-refractivity contribution < 1.29 is 17.9 Å². The zero-order valence-corrected chi connectivity index (χ0v) is 10.6. The van der Waals surface area contributed by atoms with Gasteiger partial charge in [0.25, 0.3) is 0 Å². The van der Waals surface area contributed by atoms with Gasteiger partial charge in [-0.2, -0.15) is 18.2 Å². The van der Waals surface area contributed by atoms with E-state index in [1.54, 1.807) is 0 Å². The van der Waals surface area contributed by atoms with Gasteiger partial charge in [0.2, 0.25) is 11.7 Å². The summed E-state index contributed by atoms with van der Waals surface area (Å²) in [4.78, 5) is 6.79. The van der Waals surface area contributed by atoms with Gasteiger partial charge in [0, 0.05) is 13.1 Å². The van der Waals surface area contributed by atoms with Gasteiger partial charge in [-0.15, -0.1) is 0 Å². The van der Waals surface area contributed by atoms with Crippen LogP contribution in [0.3, 0.4) is 0 Å². The lowest BCUT2D eigenvalue weighted by molar-refractivity contribution is -0.145. The van der Waals surface area contributed by atoms with Crippen LogP contribution in [-0.4, -0.2) is 23.6 Å². The quantitative estimate of drug-likeness (QED) is 0.917. The van der Waals surface area contributed by atoms with E-state index in [0.29, 0.717) is 12.5 Å². The van der Waals surface area contributed by atoms with E-state index in [1.165, 1.54) is 13.1 Å². The topological polar surface area (TPSA) is 47.0 Å². The fourth-order valence-electron chi connectivity index (χ4n) is 2.13. The minimum atomic E-state index is -4.57. The molecular formula is C12H16F3N3O. The number of nitrogens with zero attached hydrogens (tertiary/aromatic N) is 2. The molecule has 0 spiro atoms. The number of halogens is 3. The maximum atomic E-state index is 12.6. The molecule has 0 bridgehead atoms. The van der Waals surface area contributed by atoms with Crippen molar-refractivity contribution in [1.82, 2.24) is 9.97 Å². The van der Waals surface area contributed by atoms with Crippen LogP contribution in [0.25, 0.3) is 0 Å². The maximum absolute atomic E-state index is 12.6. The van der Waals surface area contributed by atoms with Crippen molar-refractivity contribution in [3.05, 3.63) is 11.9 Å². The summed E-state index contributed by atoms with van der Waals surface area (Å²) in [6, 6.07) is 1.38. The summed E-state index contributed by atoms with van der Waals surface area (Å²) in [7, 11) is 1.50. The van der Waals surface area contributed by atoms with Gasteiger partial charge in [-0.25, -0.2) is 4.98 Å². The lowest BCUT2D eigenvalue weighted by Gasteiger charge is -2.13. The monoisotopic (exact) mass is 275 g/mol. The van der Waals surface area contributed by atoms with Crippen LogP contribution in [0, 0.1) is 5.92 Å². The second kappa shape index (κ2) is 5.63. The minimum Gasteiger partial charge on any atom is -0.477 e. The molecule has 1 heterocycles. The molecule has 0 aromatic carbocycles. The Morgan fingerprint density at radius 2 is 2.00 bits per heavy atom. The molecule has 19 heavy (non-hydrogen) atoms. The van der Waals surface area contributed by atoms with Crippen LogP contribution in [0.5, 0.6) is 5.88 Å². The number of ether oxygens (including phenoxy) is 1. The summed E-state index contributed by atoms with van der Waals surface area (Å²) in [5.74, 6) is -0.689. The first-order valence-electron chi connectivity index (χ1n) is 6.26. The van der Waals surface area contributed by atoms with Crippen molar-refractivity contribution in [2.45, 2.75) is 31.9 Å². The van der Waals surface area contributed by atoms with Crippen molar-refractivity contribution >= 4 is 5.82 Å². The number of nitrogens with one attached hydrogen (secondary N) is 1. The fourth-order valence-corrected chi connectivity index (χ4v) is 2.13. The molecule has 4 nitrogen and oxygen atoms in total. The third-order valence-corrected chi connectivity index (χ3v) is 3.15. The van der Waals surface area contributed by atoms with Crippen LogP contribution >= 0.6 is 0 Å². The Hall–Kier alpha value is -1.53. The van der Waals surface area contributed by atoms with Gasteiger partial charge in [-0.05, 0) is 18.8 Å². The largest absolute Gasteiger partial charge is 0.477 e. The standard InChI is InChI=1S/C12H16F3N3O/c1-16-9-6-10(18-11(17-9)12(13,14)15)19-7-8-4-2-3-5-8/h6,8H,2-5,7H2,1H3,(H,16,17,18). The van der Waals surface area contributed by atoms with Crippen LogP contribution in [0.15, 0.2) is 6.07 Å². The van der Waals surface area contributed by atoms with E-state index in [0.717, 1.165) is 25.7 Å². The fraction of sp³-hybridized carbons (Fsp3) is 0.667. The molecule has 1 fully saturated rings. The smallest absolute Gasteiger partial charge is 0.451 e.